The number of carbonyl (C=O) groups is 1. The van der Waals surface area contributed by atoms with Crippen LogP contribution in [0.5, 0.6) is 0 Å². The Kier molecular flexibility index (Phi) is 5.54. The summed E-state index contributed by atoms with van der Waals surface area (Å²) in [6.07, 6.45) is 0. The summed E-state index contributed by atoms with van der Waals surface area (Å²) in [6, 6.07) is 11.7. The maximum atomic E-state index is 12.3. The Balaban J connectivity index is 2.20. The van der Waals surface area contributed by atoms with E-state index >= 15 is 0 Å². The first kappa shape index (κ1) is 17.9. The first-order valence-corrected chi connectivity index (χ1v) is 8.36. The van der Waals surface area contributed by atoms with Gasteiger partial charge in [0.05, 0.1) is 0 Å². The van der Waals surface area contributed by atoms with Gasteiger partial charge in [0.15, 0.2) is 11.5 Å². The van der Waals surface area contributed by atoms with E-state index in [1.807, 2.05) is 32.0 Å². The predicted octanol–water partition coefficient (Wildman–Crippen LogP) is 4.00. The molecule has 0 saturated heterocycles. The number of aromatic nitrogens is 2. The number of rotatable bonds is 5. The van der Waals surface area contributed by atoms with Crippen molar-refractivity contribution in [3.63, 3.8) is 0 Å². The minimum Gasteiger partial charge on any atom is -0.338 e. The third kappa shape index (κ3) is 4.10. The Morgan fingerprint density at radius 3 is 2.25 bits per heavy atom. The van der Waals surface area contributed by atoms with Crippen LogP contribution in [0.3, 0.4) is 0 Å². The Bertz CT molecular complexity index is 685. The van der Waals surface area contributed by atoms with Gasteiger partial charge in [-0.3, -0.25) is 4.79 Å². The molecule has 0 aliphatic carbocycles. The second kappa shape index (κ2) is 7.43. The first-order valence-electron chi connectivity index (χ1n) is 8.36. The molecular formula is C19H26N4O. The molecule has 2 rings (SSSR count). The van der Waals surface area contributed by atoms with Crippen LogP contribution in [0.15, 0.2) is 36.4 Å². The first-order chi connectivity index (χ1) is 11.4. The Hall–Kier alpha value is -2.43. The Labute approximate surface area is 144 Å². The summed E-state index contributed by atoms with van der Waals surface area (Å²) < 4.78 is 0. The van der Waals surface area contributed by atoms with Gasteiger partial charge in [0.1, 0.15) is 0 Å². The van der Waals surface area contributed by atoms with Crippen LogP contribution in [0.2, 0.25) is 0 Å². The molecule has 0 spiro atoms. The number of nitrogens with one attached hydrogen (secondary N) is 1. The van der Waals surface area contributed by atoms with E-state index in [1.54, 1.807) is 17.0 Å². The molecule has 24 heavy (non-hydrogen) atoms. The molecular weight excluding hydrogens is 300 g/mol. The second-order valence-corrected chi connectivity index (χ2v) is 6.70. The summed E-state index contributed by atoms with van der Waals surface area (Å²) in [6.45, 7) is 11.7. The van der Waals surface area contributed by atoms with Crippen molar-refractivity contribution in [2.45, 2.75) is 40.0 Å². The molecule has 0 fully saturated rings. The fourth-order valence-electron chi connectivity index (χ4n) is 2.57. The lowest BCUT2D eigenvalue weighted by Crippen LogP contribution is -2.31. The topological polar surface area (TPSA) is 58.1 Å². The third-order valence-corrected chi connectivity index (χ3v) is 3.93. The molecule has 0 unspecified atom stereocenters. The van der Waals surface area contributed by atoms with Crippen LogP contribution in [-0.4, -0.2) is 34.1 Å². The number of anilines is 2. The number of carbonyl (C=O) groups excluding carboxylic acids is 1. The molecule has 2 aromatic rings. The van der Waals surface area contributed by atoms with Crippen molar-refractivity contribution in [3.05, 3.63) is 47.7 Å². The molecule has 0 saturated carbocycles. The van der Waals surface area contributed by atoms with Gasteiger partial charge in [-0.05, 0) is 43.0 Å². The number of nitrogens with zero attached hydrogens (tertiary/aromatic N) is 3. The van der Waals surface area contributed by atoms with E-state index in [0.717, 1.165) is 5.69 Å². The smallest absolute Gasteiger partial charge is 0.274 e. The summed E-state index contributed by atoms with van der Waals surface area (Å²) in [4.78, 5) is 14.0. The molecule has 1 amide bonds. The van der Waals surface area contributed by atoms with Crippen LogP contribution < -0.4 is 5.32 Å². The second-order valence-electron chi connectivity index (χ2n) is 6.70. The third-order valence-electron chi connectivity index (χ3n) is 3.93. The monoisotopic (exact) mass is 326 g/mol. The molecule has 1 aromatic heterocycles. The van der Waals surface area contributed by atoms with E-state index in [0.29, 0.717) is 24.6 Å². The molecule has 5 nitrogen and oxygen atoms in total. The van der Waals surface area contributed by atoms with Crippen molar-refractivity contribution in [1.82, 2.24) is 15.1 Å². The number of benzene rings is 1. The molecule has 0 radical (unpaired) electrons. The van der Waals surface area contributed by atoms with Crippen molar-refractivity contribution in [2.75, 3.05) is 18.4 Å². The van der Waals surface area contributed by atoms with Crippen LogP contribution in [0.4, 0.5) is 11.5 Å². The largest absolute Gasteiger partial charge is 0.338 e. The number of hydrogen-bond acceptors (Lipinski definition) is 4. The molecule has 0 atom stereocenters. The van der Waals surface area contributed by atoms with Gasteiger partial charge in [-0.25, -0.2) is 0 Å². The van der Waals surface area contributed by atoms with Crippen LogP contribution in [-0.2, 0) is 5.41 Å². The molecule has 1 aromatic carbocycles. The van der Waals surface area contributed by atoms with E-state index in [1.165, 1.54) is 5.56 Å². The van der Waals surface area contributed by atoms with Gasteiger partial charge in [-0.1, -0.05) is 39.0 Å². The summed E-state index contributed by atoms with van der Waals surface area (Å²) in [5.41, 5.74) is 2.60. The van der Waals surface area contributed by atoms with Crippen LogP contribution in [0.25, 0.3) is 0 Å². The fraction of sp³-hybridized carbons (Fsp3) is 0.421. The van der Waals surface area contributed by atoms with Crippen LogP contribution >= 0.6 is 0 Å². The van der Waals surface area contributed by atoms with Crippen molar-refractivity contribution in [1.29, 1.82) is 0 Å². The molecule has 1 N–H and O–H groups in total. The summed E-state index contributed by atoms with van der Waals surface area (Å²) in [7, 11) is 0. The van der Waals surface area contributed by atoms with Gasteiger partial charge in [-0.2, -0.15) is 0 Å². The van der Waals surface area contributed by atoms with Gasteiger partial charge < -0.3 is 10.2 Å². The van der Waals surface area contributed by atoms with Crippen LogP contribution in [0.1, 0.15) is 50.7 Å². The van der Waals surface area contributed by atoms with Gasteiger partial charge in [-0.15, -0.1) is 10.2 Å². The van der Waals surface area contributed by atoms with Crippen molar-refractivity contribution >= 4 is 17.4 Å². The summed E-state index contributed by atoms with van der Waals surface area (Å²) >= 11 is 0. The Morgan fingerprint density at radius 1 is 1.04 bits per heavy atom. The lowest BCUT2D eigenvalue weighted by atomic mass is 9.86. The normalized spacial score (nSPS) is 11.2. The predicted molar refractivity (Wildman–Crippen MR) is 97.7 cm³/mol. The number of para-hydroxylation sites is 1. The highest BCUT2D eigenvalue weighted by Crippen LogP contribution is 2.30. The highest BCUT2D eigenvalue weighted by Gasteiger charge is 2.18. The molecule has 0 aliphatic heterocycles. The average molecular weight is 326 g/mol. The van der Waals surface area contributed by atoms with Crippen molar-refractivity contribution in [2.24, 2.45) is 0 Å². The minimum atomic E-state index is -0.0888. The standard InChI is InChI=1S/C19H26N4O/c1-6-23(7-2)18(24)16-12-13-17(22-21-16)20-15-11-9-8-10-14(15)19(3,4)5/h8-13H,6-7H2,1-5H3,(H,20,22). The lowest BCUT2D eigenvalue weighted by Gasteiger charge is -2.23. The fourth-order valence-corrected chi connectivity index (χ4v) is 2.57. The van der Waals surface area contributed by atoms with Crippen molar-refractivity contribution < 1.29 is 4.79 Å². The lowest BCUT2D eigenvalue weighted by molar-refractivity contribution is 0.0766. The van der Waals surface area contributed by atoms with Gasteiger partial charge in [0.25, 0.3) is 5.91 Å². The minimum absolute atomic E-state index is 0.0235. The maximum absolute atomic E-state index is 12.3. The Morgan fingerprint density at radius 2 is 1.71 bits per heavy atom. The zero-order valence-corrected chi connectivity index (χ0v) is 15.1. The molecule has 5 heteroatoms. The van der Waals surface area contributed by atoms with Crippen molar-refractivity contribution in [3.8, 4) is 0 Å². The van der Waals surface area contributed by atoms with Gasteiger partial charge in [0, 0.05) is 18.8 Å². The van der Waals surface area contributed by atoms with Crippen LogP contribution in [0, 0.1) is 0 Å². The number of amides is 1. The maximum Gasteiger partial charge on any atom is 0.274 e. The van der Waals surface area contributed by atoms with E-state index < -0.39 is 0 Å². The van der Waals surface area contributed by atoms with E-state index in [-0.39, 0.29) is 11.3 Å². The van der Waals surface area contributed by atoms with Gasteiger partial charge >= 0.3 is 0 Å². The summed E-state index contributed by atoms with van der Waals surface area (Å²) in [5, 5.41) is 11.5. The zero-order chi connectivity index (χ0) is 17.7. The molecule has 0 aliphatic rings. The summed E-state index contributed by atoms with van der Waals surface area (Å²) in [5.74, 6) is 0.539. The zero-order valence-electron chi connectivity index (χ0n) is 15.1. The molecule has 128 valence electrons. The highest BCUT2D eigenvalue weighted by molar-refractivity contribution is 5.92. The quantitative estimate of drug-likeness (QED) is 0.902. The van der Waals surface area contributed by atoms with Gasteiger partial charge in [0.2, 0.25) is 0 Å². The van der Waals surface area contributed by atoms with E-state index in [9.17, 15) is 4.79 Å². The van der Waals surface area contributed by atoms with E-state index in [2.05, 4.69) is 42.4 Å². The average Bonchev–Trinajstić information content (AvgIpc) is 2.56. The SMILES string of the molecule is CCN(CC)C(=O)c1ccc(Nc2ccccc2C(C)(C)C)nn1. The number of hydrogen-bond donors (Lipinski definition) is 1. The molecule has 0 bridgehead atoms. The highest BCUT2D eigenvalue weighted by atomic mass is 16.2. The van der Waals surface area contributed by atoms with E-state index in [4.69, 9.17) is 0 Å². The molecule has 1 heterocycles.